The monoisotopic (exact) mass is 981 g/mol. The van der Waals surface area contributed by atoms with E-state index in [0.29, 0.717) is 19.3 Å². The molecule has 0 aromatic rings. The fraction of sp³-hybridized carbons (Fsp3) is 0.615. The summed E-state index contributed by atoms with van der Waals surface area (Å²) >= 11 is 0. The smallest absolute Gasteiger partial charge is 0.306 e. The van der Waals surface area contributed by atoms with Crippen molar-refractivity contribution in [3.63, 3.8) is 0 Å². The van der Waals surface area contributed by atoms with Crippen LogP contribution in [0, 0.1) is 0 Å². The molecule has 0 radical (unpaired) electrons. The van der Waals surface area contributed by atoms with Gasteiger partial charge in [0.1, 0.15) is 13.2 Å². The molecule has 0 rings (SSSR count). The average Bonchev–Trinajstić information content (AvgIpc) is 3.37. The van der Waals surface area contributed by atoms with Crippen LogP contribution in [0.2, 0.25) is 0 Å². The lowest BCUT2D eigenvalue weighted by Crippen LogP contribution is -2.30. The lowest BCUT2D eigenvalue weighted by molar-refractivity contribution is -0.167. The van der Waals surface area contributed by atoms with Crippen LogP contribution in [0.4, 0.5) is 0 Å². The largest absolute Gasteiger partial charge is 0.462 e. The van der Waals surface area contributed by atoms with Gasteiger partial charge >= 0.3 is 17.9 Å². The lowest BCUT2D eigenvalue weighted by atomic mass is 10.1. The van der Waals surface area contributed by atoms with E-state index in [4.69, 9.17) is 14.2 Å². The van der Waals surface area contributed by atoms with Crippen molar-refractivity contribution in [3.8, 4) is 0 Å². The molecule has 0 spiro atoms. The molecule has 0 saturated carbocycles. The summed E-state index contributed by atoms with van der Waals surface area (Å²) in [4.78, 5) is 37.8. The summed E-state index contributed by atoms with van der Waals surface area (Å²) < 4.78 is 16.7. The van der Waals surface area contributed by atoms with Crippen molar-refractivity contribution in [2.75, 3.05) is 13.2 Å². The summed E-state index contributed by atoms with van der Waals surface area (Å²) in [5.41, 5.74) is 0. The maximum atomic E-state index is 12.8. The second-order valence-electron chi connectivity index (χ2n) is 18.5. The summed E-state index contributed by atoms with van der Waals surface area (Å²) in [7, 11) is 0. The SMILES string of the molecule is CC/C=C\C/C=C\C/C=C\C/C=C\C/C=C\C/C=C\C/C=C\C/C=C\CCCCCCC(=O)OCC(COC(=O)CCCCCCC)OC(=O)CCCCCCCC/C=C\C/C=C\C/C=C\CCCCC. The van der Waals surface area contributed by atoms with Gasteiger partial charge in [0.05, 0.1) is 0 Å². The topological polar surface area (TPSA) is 78.9 Å². The standard InChI is InChI=1S/C65H104O6/c1-4-7-10-13-15-17-19-21-23-25-27-28-29-30-31-32-33-34-35-36-38-39-41-43-45-47-49-52-55-58-64(67)70-61-62(60-69-63(66)57-54-51-12-9-6-3)71-65(68)59-56-53-50-48-46-44-42-40-37-26-24-22-20-18-16-14-11-8-5-2/h7,10,15-18,21-24,27-28,30-31,33-34,36-38,40-41,43,62H,4-6,8-9,11-14,19-20,25-26,29,32,35,39,42,44-61H2,1-3H3/b10-7-,17-15-,18-16-,23-21-,24-22-,28-27-,31-30-,34-33-,38-36-,40-37-,43-41-. The molecule has 0 amide bonds. The van der Waals surface area contributed by atoms with Crippen LogP contribution in [-0.4, -0.2) is 37.2 Å². The molecule has 0 N–H and O–H groups in total. The Morgan fingerprint density at radius 3 is 0.887 bits per heavy atom. The van der Waals surface area contributed by atoms with Crippen LogP contribution in [0.1, 0.15) is 239 Å². The van der Waals surface area contributed by atoms with Gasteiger partial charge in [-0.05, 0) is 122 Å². The van der Waals surface area contributed by atoms with Crippen molar-refractivity contribution < 1.29 is 28.6 Å². The molecule has 1 unspecified atom stereocenters. The van der Waals surface area contributed by atoms with E-state index in [0.717, 1.165) is 161 Å². The van der Waals surface area contributed by atoms with Gasteiger partial charge in [-0.1, -0.05) is 231 Å². The van der Waals surface area contributed by atoms with Crippen molar-refractivity contribution in [3.05, 3.63) is 134 Å². The summed E-state index contributed by atoms with van der Waals surface area (Å²) in [5, 5.41) is 0. The number of esters is 3. The van der Waals surface area contributed by atoms with E-state index in [9.17, 15) is 14.4 Å². The third-order valence-electron chi connectivity index (χ3n) is 11.6. The van der Waals surface area contributed by atoms with Gasteiger partial charge in [-0.2, -0.15) is 0 Å². The van der Waals surface area contributed by atoms with Crippen LogP contribution in [0.15, 0.2) is 134 Å². The number of carbonyl (C=O) groups excluding carboxylic acids is 3. The minimum Gasteiger partial charge on any atom is -0.462 e. The Bertz CT molecular complexity index is 1550. The van der Waals surface area contributed by atoms with Gasteiger partial charge in [-0.3, -0.25) is 14.4 Å². The molecule has 400 valence electrons. The van der Waals surface area contributed by atoms with E-state index >= 15 is 0 Å². The maximum Gasteiger partial charge on any atom is 0.306 e. The van der Waals surface area contributed by atoms with Crippen molar-refractivity contribution in [2.45, 2.75) is 245 Å². The number of hydrogen-bond donors (Lipinski definition) is 0. The lowest BCUT2D eigenvalue weighted by Gasteiger charge is -2.18. The molecule has 0 saturated heterocycles. The summed E-state index contributed by atoms with van der Waals surface area (Å²) in [6.07, 6.45) is 82.0. The van der Waals surface area contributed by atoms with E-state index in [1.165, 1.54) is 38.5 Å². The van der Waals surface area contributed by atoms with E-state index in [1.54, 1.807) is 0 Å². The third kappa shape index (κ3) is 56.3. The molecule has 0 fully saturated rings. The Labute approximate surface area is 436 Å². The maximum absolute atomic E-state index is 12.8. The molecule has 0 aromatic carbocycles. The van der Waals surface area contributed by atoms with Crippen LogP contribution in [0.5, 0.6) is 0 Å². The number of unbranched alkanes of at least 4 members (excludes halogenated alkanes) is 17. The van der Waals surface area contributed by atoms with Gasteiger partial charge < -0.3 is 14.2 Å². The van der Waals surface area contributed by atoms with Gasteiger partial charge in [0, 0.05) is 19.3 Å². The molecular weight excluding hydrogens is 877 g/mol. The predicted octanol–water partition coefficient (Wildman–Crippen LogP) is 19.4. The Morgan fingerprint density at radius 2 is 0.549 bits per heavy atom. The second kappa shape index (κ2) is 58.1. The van der Waals surface area contributed by atoms with Crippen LogP contribution in [0.25, 0.3) is 0 Å². The molecule has 71 heavy (non-hydrogen) atoms. The van der Waals surface area contributed by atoms with Gasteiger partial charge in [0.15, 0.2) is 6.10 Å². The Balaban J connectivity index is 4.22. The molecule has 0 heterocycles. The summed E-state index contributed by atoms with van der Waals surface area (Å²) in [6, 6.07) is 0. The van der Waals surface area contributed by atoms with Crippen LogP contribution < -0.4 is 0 Å². The Morgan fingerprint density at radius 1 is 0.296 bits per heavy atom. The number of ether oxygens (including phenoxy) is 3. The molecule has 0 aliphatic heterocycles. The zero-order valence-corrected chi connectivity index (χ0v) is 45.7. The van der Waals surface area contributed by atoms with Crippen molar-refractivity contribution in [1.29, 1.82) is 0 Å². The highest BCUT2D eigenvalue weighted by Gasteiger charge is 2.19. The molecule has 0 aliphatic carbocycles. The predicted molar refractivity (Wildman–Crippen MR) is 306 cm³/mol. The highest BCUT2D eigenvalue weighted by atomic mass is 16.6. The number of carbonyl (C=O) groups is 3. The van der Waals surface area contributed by atoms with Crippen LogP contribution >= 0.6 is 0 Å². The van der Waals surface area contributed by atoms with Gasteiger partial charge in [0.25, 0.3) is 0 Å². The molecule has 6 heteroatoms. The van der Waals surface area contributed by atoms with Gasteiger partial charge in [-0.15, -0.1) is 0 Å². The van der Waals surface area contributed by atoms with Crippen molar-refractivity contribution in [1.82, 2.24) is 0 Å². The van der Waals surface area contributed by atoms with E-state index in [1.807, 2.05) is 0 Å². The number of hydrogen-bond acceptors (Lipinski definition) is 6. The highest BCUT2D eigenvalue weighted by molar-refractivity contribution is 5.71. The zero-order valence-electron chi connectivity index (χ0n) is 45.7. The number of rotatable bonds is 50. The third-order valence-corrected chi connectivity index (χ3v) is 11.6. The minimum absolute atomic E-state index is 0.0964. The first-order valence-corrected chi connectivity index (χ1v) is 28.7. The highest BCUT2D eigenvalue weighted by Crippen LogP contribution is 2.13. The summed E-state index contributed by atoms with van der Waals surface area (Å²) in [5.74, 6) is -0.955. The average molecular weight is 982 g/mol. The molecule has 1 atom stereocenters. The second-order valence-corrected chi connectivity index (χ2v) is 18.5. The van der Waals surface area contributed by atoms with Crippen molar-refractivity contribution >= 4 is 17.9 Å². The van der Waals surface area contributed by atoms with Crippen LogP contribution in [-0.2, 0) is 28.6 Å². The van der Waals surface area contributed by atoms with E-state index in [-0.39, 0.29) is 31.1 Å². The normalized spacial score (nSPS) is 13.1. The quantitative estimate of drug-likeness (QED) is 0.0262. The fourth-order valence-corrected chi connectivity index (χ4v) is 7.35. The molecular formula is C65H104O6. The zero-order chi connectivity index (χ0) is 51.4. The summed E-state index contributed by atoms with van der Waals surface area (Å²) in [6.45, 7) is 6.37. The fourth-order valence-electron chi connectivity index (χ4n) is 7.35. The molecule has 0 aromatic heterocycles. The Hall–Kier alpha value is -4.45. The first-order chi connectivity index (χ1) is 35.0. The first kappa shape index (κ1) is 66.6. The molecule has 0 bridgehead atoms. The number of allylic oxidation sites excluding steroid dienone is 22. The minimum atomic E-state index is -0.797. The molecule has 6 nitrogen and oxygen atoms in total. The van der Waals surface area contributed by atoms with Gasteiger partial charge in [-0.25, -0.2) is 0 Å². The first-order valence-electron chi connectivity index (χ1n) is 28.7. The van der Waals surface area contributed by atoms with Crippen LogP contribution in [0.3, 0.4) is 0 Å². The van der Waals surface area contributed by atoms with E-state index in [2.05, 4.69) is 154 Å². The van der Waals surface area contributed by atoms with Gasteiger partial charge in [0.2, 0.25) is 0 Å². The van der Waals surface area contributed by atoms with Crippen molar-refractivity contribution in [2.24, 2.45) is 0 Å². The van der Waals surface area contributed by atoms with E-state index < -0.39 is 6.10 Å². The molecule has 0 aliphatic rings. The Kier molecular flexibility index (Phi) is 54.5.